The van der Waals surface area contributed by atoms with Crippen molar-refractivity contribution in [3.63, 3.8) is 0 Å². The van der Waals surface area contributed by atoms with Crippen LogP contribution >= 0.6 is 0 Å². The Labute approximate surface area is 99.7 Å². The van der Waals surface area contributed by atoms with Crippen molar-refractivity contribution in [3.8, 4) is 11.8 Å². The molecule has 2 rings (SSSR count). The molecule has 2 aromatic rings. The molecule has 1 aromatic heterocycles. The fraction of sp³-hybridized carbons (Fsp3) is 0.250. The van der Waals surface area contributed by atoms with Gasteiger partial charge in [0.25, 0.3) is 0 Å². The van der Waals surface area contributed by atoms with E-state index in [9.17, 15) is 0 Å². The Hall–Kier alpha value is -2.19. The summed E-state index contributed by atoms with van der Waals surface area (Å²) in [5.74, 6) is 0. The van der Waals surface area contributed by atoms with E-state index in [1.165, 1.54) is 0 Å². The molecule has 0 aliphatic heterocycles. The second-order valence-electron chi connectivity index (χ2n) is 3.68. The van der Waals surface area contributed by atoms with Gasteiger partial charge in [-0.25, -0.2) is 4.68 Å². The van der Waals surface area contributed by atoms with Gasteiger partial charge in [0.2, 0.25) is 0 Å². The Morgan fingerprint density at radius 1 is 1.41 bits per heavy atom. The highest BCUT2D eigenvalue weighted by atomic mass is 15.4. The lowest BCUT2D eigenvalue weighted by Gasteiger charge is -2.06. The van der Waals surface area contributed by atoms with Gasteiger partial charge >= 0.3 is 0 Å². The average Bonchev–Trinajstić information content (AvgIpc) is 2.86. The summed E-state index contributed by atoms with van der Waals surface area (Å²) in [6.07, 6.45) is 1.87. The van der Waals surface area contributed by atoms with Crippen molar-refractivity contribution in [3.05, 3.63) is 42.2 Å². The zero-order valence-corrected chi connectivity index (χ0v) is 9.54. The molecule has 0 unspecified atom stereocenters. The van der Waals surface area contributed by atoms with E-state index in [-0.39, 0.29) is 6.04 Å². The summed E-state index contributed by atoms with van der Waals surface area (Å²) in [5.41, 5.74) is 1.79. The summed E-state index contributed by atoms with van der Waals surface area (Å²) in [5, 5.41) is 19.7. The lowest BCUT2D eigenvalue weighted by molar-refractivity contribution is 0.602. The first-order valence-corrected chi connectivity index (χ1v) is 5.39. The molecule has 0 spiro atoms. The van der Waals surface area contributed by atoms with Crippen LogP contribution in [0.5, 0.6) is 0 Å². The summed E-state index contributed by atoms with van der Waals surface area (Å²) in [6.45, 7) is 2.26. The third kappa shape index (κ3) is 2.68. The predicted molar refractivity (Wildman–Crippen MR) is 63.4 cm³/mol. The number of para-hydroxylation sites is 1. The van der Waals surface area contributed by atoms with E-state index in [0.29, 0.717) is 6.54 Å². The van der Waals surface area contributed by atoms with Gasteiger partial charge < -0.3 is 0 Å². The number of nitriles is 1. The first kappa shape index (κ1) is 11.3. The quantitative estimate of drug-likeness (QED) is 0.803. The minimum absolute atomic E-state index is 0.0205. The van der Waals surface area contributed by atoms with Crippen molar-refractivity contribution in [2.24, 2.45) is 0 Å². The molecule has 0 aliphatic rings. The molecule has 0 aliphatic carbocycles. The molecule has 0 bridgehead atoms. The van der Waals surface area contributed by atoms with Gasteiger partial charge in [-0.05, 0) is 19.1 Å². The lowest BCUT2D eigenvalue weighted by atomic mass is 10.2. The lowest BCUT2D eigenvalue weighted by Crippen LogP contribution is -2.18. The van der Waals surface area contributed by atoms with Crippen molar-refractivity contribution in [2.45, 2.75) is 13.0 Å². The first-order chi connectivity index (χ1) is 8.31. The van der Waals surface area contributed by atoms with E-state index in [0.717, 1.165) is 11.4 Å². The van der Waals surface area contributed by atoms with Crippen LogP contribution in [0.1, 0.15) is 18.7 Å². The Bertz CT molecular complexity index is 511. The fourth-order valence-electron chi connectivity index (χ4n) is 1.49. The number of nitrogens with zero attached hydrogens (tertiary/aromatic N) is 4. The van der Waals surface area contributed by atoms with Crippen LogP contribution in [0.15, 0.2) is 36.5 Å². The summed E-state index contributed by atoms with van der Waals surface area (Å²) >= 11 is 0. The zero-order valence-electron chi connectivity index (χ0n) is 9.54. The van der Waals surface area contributed by atoms with E-state index in [2.05, 4.69) is 15.6 Å². The van der Waals surface area contributed by atoms with Crippen LogP contribution in [-0.2, 0) is 0 Å². The van der Waals surface area contributed by atoms with Crippen LogP contribution in [0, 0.1) is 11.3 Å². The second kappa shape index (κ2) is 5.23. The average molecular weight is 227 g/mol. The Morgan fingerprint density at radius 3 is 2.88 bits per heavy atom. The number of hydrogen-bond acceptors (Lipinski definition) is 4. The van der Waals surface area contributed by atoms with E-state index in [1.807, 2.05) is 49.5 Å². The molecule has 5 heteroatoms. The Morgan fingerprint density at radius 2 is 2.18 bits per heavy atom. The van der Waals surface area contributed by atoms with E-state index in [4.69, 9.17) is 5.26 Å². The summed E-state index contributed by atoms with van der Waals surface area (Å²) < 4.78 is 1.72. The maximum absolute atomic E-state index is 8.49. The number of hydrogen-bond donors (Lipinski definition) is 1. The maximum atomic E-state index is 8.49. The minimum atomic E-state index is 0.0205. The fourth-order valence-corrected chi connectivity index (χ4v) is 1.49. The molecule has 86 valence electrons. The van der Waals surface area contributed by atoms with Gasteiger partial charge in [0.05, 0.1) is 36.2 Å². The highest BCUT2D eigenvalue weighted by Gasteiger charge is 2.09. The molecule has 1 atom stereocenters. The summed E-state index contributed by atoms with van der Waals surface area (Å²) in [7, 11) is 0. The SMILES string of the molecule is C[C@H](NCC#N)c1cn(-c2ccccc2)nn1. The van der Waals surface area contributed by atoms with Crippen molar-refractivity contribution in [1.82, 2.24) is 20.3 Å². The van der Waals surface area contributed by atoms with Crippen LogP contribution in [0.4, 0.5) is 0 Å². The van der Waals surface area contributed by atoms with Crippen LogP contribution in [0.3, 0.4) is 0 Å². The maximum Gasteiger partial charge on any atom is 0.0998 e. The second-order valence-corrected chi connectivity index (χ2v) is 3.68. The summed E-state index contributed by atoms with van der Waals surface area (Å²) in [6, 6.07) is 11.9. The van der Waals surface area contributed by atoms with E-state index < -0.39 is 0 Å². The Kier molecular flexibility index (Phi) is 3.48. The normalized spacial score (nSPS) is 12.0. The van der Waals surface area contributed by atoms with E-state index in [1.54, 1.807) is 4.68 Å². The molecule has 0 saturated carbocycles. The van der Waals surface area contributed by atoms with Crippen molar-refractivity contribution in [2.75, 3.05) is 6.54 Å². The monoisotopic (exact) mass is 227 g/mol. The molecule has 1 aromatic carbocycles. The molecular formula is C12H13N5. The highest BCUT2D eigenvalue weighted by molar-refractivity contribution is 5.30. The molecule has 1 N–H and O–H groups in total. The number of rotatable bonds is 4. The van der Waals surface area contributed by atoms with Gasteiger partial charge in [-0.3, -0.25) is 5.32 Å². The van der Waals surface area contributed by atoms with Gasteiger partial charge in [-0.2, -0.15) is 5.26 Å². The largest absolute Gasteiger partial charge is 0.296 e. The molecular weight excluding hydrogens is 214 g/mol. The minimum Gasteiger partial charge on any atom is -0.296 e. The van der Waals surface area contributed by atoms with Crippen molar-refractivity contribution >= 4 is 0 Å². The zero-order chi connectivity index (χ0) is 12.1. The molecule has 0 radical (unpaired) electrons. The molecule has 0 amide bonds. The van der Waals surface area contributed by atoms with E-state index >= 15 is 0 Å². The van der Waals surface area contributed by atoms with Gasteiger partial charge in [-0.1, -0.05) is 23.4 Å². The third-order valence-electron chi connectivity index (χ3n) is 2.46. The van der Waals surface area contributed by atoms with Crippen molar-refractivity contribution < 1.29 is 0 Å². The summed E-state index contributed by atoms with van der Waals surface area (Å²) in [4.78, 5) is 0. The smallest absolute Gasteiger partial charge is 0.0998 e. The molecule has 1 heterocycles. The predicted octanol–water partition coefficient (Wildman–Crippen LogP) is 1.44. The highest BCUT2D eigenvalue weighted by Crippen LogP contribution is 2.11. The van der Waals surface area contributed by atoms with Crippen LogP contribution in [-0.4, -0.2) is 21.5 Å². The number of aromatic nitrogens is 3. The standard InChI is InChI=1S/C12H13N5/c1-10(14-8-7-13)12-9-17(16-15-12)11-5-3-2-4-6-11/h2-6,9-10,14H,8H2,1H3/t10-/m0/s1. The number of benzene rings is 1. The van der Waals surface area contributed by atoms with Crippen LogP contribution in [0.2, 0.25) is 0 Å². The van der Waals surface area contributed by atoms with Crippen molar-refractivity contribution in [1.29, 1.82) is 5.26 Å². The number of nitrogens with one attached hydrogen (secondary N) is 1. The Balaban J connectivity index is 2.14. The molecule has 5 nitrogen and oxygen atoms in total. The van der Waals surface area contributed by atoms with Crippen LogP contribution in [0.25, 0.3) is 5.69 Å². The van der Waals surface area contributed by atoms with Gasteiger partial charge in [0.15, 0.2) is 0 Å². The molecule has 0 fully saturated rings. The molecule has 0 saturated heterocycles. The van der Waals surface area contributed by atoms with Crippen LogP contribution < -0.4 is 5.32 Å². The van der Waals surface area contributed by atoms with Gasteiger partial charge in [-0.15, -0.1) is 5.10 Å². The van der Waals surface area contributed by atoms with Gasteiger partial charge in [0.1, 0.15) is 0 Å². The molecule has 17 heavy (non-hydrogen) atoms. The third-order valence-corrected chi connectivity index (χ3v) is 2.46. The topological polar surface area (TPSA) is 66.5 Å². The van der Waals surface area contributed by atoms with Gasteiger partial charge in [0, 0.05) is 0 Å². The first-order valence-electron chi connectivity index (χ1n) is 5.39.